The van der Waals surface area contributed by atoms with Gasteiger partial charge in [0.2, 0.25) is 0 Å². The number of ether oxygens (including phenoxy) is 12. The molecule has 0 bridgehead atoms. The van der Waals surface area contributed by atoms with Crippen LogP contribution < -0.4 is 0 Å². The Morgan fingerprint density at radius 1 is 0.373 bits per heavy atom. The van der Waals surface area contributed by atoms with Crippen molar-refractivity contribution in [3.63, 3.8) is 0 Å². The average Bonchev–Trinajstić information content (AvgIpc) is 3.15. The smallest absolute Gasteiger partial charge is 0.254 e. The van der Waals surface area contributed by atoms with Crippen LogP contribution in [0.2, 0.25) is 0 Å². The topological polar surface area (TPSA) is 172 Å². The first-order valence-corrected chi connectivity index (χ1v) is 17.8. The second-order valence-corrected chi connectivity index (χ2v) is 10.5. The molecule has 0 aliphatic rings. The first-order chi connectivity index (χ1) is 25.3. The lowest BCUT2D eigenvalue weighted by Crippen LogP contribution is -2.37. The number of nitrogens with zero attached hydrogens (tertiary/aromatic N) is 1. The highest BCUT2D eigenvalue weighted by atomic mass is 16.6. The molecule has 51 heavy (non-hydrogen) atoms. The van der Waals surface area contributed by atoms with Gasteiger partial charge in [-0.1, -0.05) is 18.2 Å². The lowest BCUT2D eigenvalue weighted by molar-refractivity contribution is -0.0203. The highest BCUT2D eigenvalue weighted by Crippen LogP contribution is 2.05. The number of benzene rings is 1. The van der Waals surface area contributed by atoms with E-state index in [1.807, 2.05) is 18.2 Å². The molecular formula is C35H63NO15. The number of aliphatic hydroxyl groups excluding tert-OH is 2. The molecule has 0 radical (unpaired) electrons. The summed E-state index contributed by atoms with van der Waals surface area (Å²) >= 11 is 0. The van der Waals surface area contributed by atoms with Crippen molar-refractivity contribution in [2.24, 2.45) is 0 Å². The summed E-state index contributed by atoms with van der Waals surface area (Å²) in [6.45, 7) is 11.4. The molecule has 0 heterocycles. The van der Waals surface area contributed by atoms with Gasteiger partial charge in [-0.2, -0.15) is 0 Å². The van der Waals surface area contributed by atoms with E-state index in [1.165, 1.54) is 0 Å². The van der Waals surface area contributed by atoms with Crippen LogP contribution >= 0.6 is 0 Å². The molecular weight excluding hydrogens is 674 g/mol. The van der Waals surface area contributed by atoms with Crippen molar-refractivity contribution >= 4 is 5.91 Å². The van der Waals surface area contributed by atoms with E-state index in [1.54, 1.807) is 17.0 Å². The molecule has 0 aromatic heterocycles. The Labute approximate surface area is 303 Å². The Morgan fingerprint density at radius 2 is 0.608 bits per heavy atom. The monoisotopic (exact) mass is 737 g/mol. The number of carbonyl (C=O) groups is 1. The van der Waals surface area contributed by atoms with Crippen LogP contribution in [0.5, 0.6) is 0 Å². The predicted molar refractivity (Wildman–Crippen MR) is 186 cm³/mol. The molecule has 1 aromatic carbocycles. The van der Waals surface area contributed by atoms with Gasteiger partial charge in [0, 0.05) is 18.7 Å². The van der Waals surface area contributed by atoms with Gasteiger partial charge < -0.3 is 72.0 Å². The lowest BCUT2D eigenvalue weighted by Gasteiger charge is -2.23. The maximum Gasteiger partial charge on any atom is 0.254 e. The molecule has 1 amide bonds. The van der Waals surface area contributed by atoms with Gasteiger partial charge in [0.15, 0.2) is 0 Å². The fourth-order valence-electron chi connectivity index (χ4n) is 3.96. The molecule has 0 aliphatic heterocycles. The third-order valence-corrected chi connectivity index (χ3v) is 6.51. The number of amides is 1. The Balaban J connectivity index is 2.00. The third kappa shape index (κ3) is 32.5. The first-order valence-electron chi connectivity index (χ1n) is 17.8. The summed E-state index contributed by atoms with van der Waals surface area (Å²) in [6, 6.07) is 9.15. The summed E-state index contributed by atoms with van der Waals surface area (Å²) < 4.78 is 65.2. The molecule has 298 valence electrons. The normalized spacial score (nSPS) is 11.4. The third-order valence-electron chi connectivity index (χ3n) is 6.51. The van der Waals surface area contributed by atoms with E-state index >= 15 is 0 Å². The van der Waals surface area contributed by atoms with Crippen LogP contribution in [-0.2, 0) is 56.8 Å². The number of hydrogen-bond donors (Lipinski definition) is 2. The molecule has 0 unspecified atom stereocenters. The minimum atomic E-state index is -0.0784. The molecule has 0 saturated heterocycles. The summed E-state index contributed by atoms with van der Waals surface area (Å²) in [5.41, 5.74) is 0.613. The molecule has 1 rings (SSSR count). The standard InChI is InChI=1S/C35H63NO15/c37-8-12-42-16-20-46-24-28-50-32-30-48-26-22-44-18-14-40-10-6-36(35(39)34-4-2-1-3-5-34)7-11-41-15-19-45-23-27-49-31-33-51-29-25-47-21-17-43-13-9-38/h1-5,37-38H,6-33H2. The molecule has 0 saturated carbocycles. The van der Waals surface area contributed by atoms with Gasteiger partial charge in [0.05, 0.1) is 172 Å². The van der Waals surface area contributed by atoms with Gasteiger partial charge in [0.25, 0.3) is 5.91 Å². The van der Waals surface area contributed by atoms with Gasteiger partial charge in [0.1, 0.15) is 0 Å². The van der Waals surface area contributed by atoms with E-state index in [2.05, 4.69) is 0 Å². The van der Waals surface area contributed by atoms with Crippen LogP contribution in [0.25, 0.3) is 0 Å². The van der Waals surface area contributed by atoms with Gasteiger partial charge >= 0.3 is 0 Å². The SMILES string of the molecule is O=C(c1ccccc1)N(CCOCCOCCOCCOCCOCCOCCO)CCOCCOCCOCCOCCOCCOCCO. The van der Waals surface area contributed by atoms with Gasteiger partial charge in [-0.25, -0.2) is 0 Å². The van der Waals surface area contributed by atoms with Crippen LogP contribution in [0.4, 0.5) is 0 Å². The maximum atomic E-state index is 13.1. The van der Waals surface area contributed by atoms with E-state index in [-0.39, 0.29) is 19.1 Å². The van der Waals surface area contributed by atoms with Gasteiger partial charge in [-0.15, -0.1) is 0 Å². The summed E-state index contributed by atoms with van der Waals surface area (Å²) in [7, 11) is 0. The minimum Gasteiger partial charge on any atom is -0.394 e. The van der Waals surface area contributed by atoms with Crippen LogP contribution in [0.15, 0.2) is 30.3 Å². The van der Waals surface area contributed by atoms with Crippen LogP contribution in [0, 0.1) is 0 Å². The van der Waals surface area contributed by atoms with Crippen molar-refractivity contribution in [1.29, 1.82) is 0 Å². The molecule has 16 heteroatoms. The zero-order chi connectivity index (χ0) is 36.6. The fourth-order valence-corrected chi connectivity index (χ4v) is 3.96. The van der Waals surface area contributed by atoms with Crippen LogP contribution in [0.1, 0.15) is 10.4 Å². The van der Waals surface area contributed by atoms with Crippen molar-refractivity contribution in [1.82, 2.24) is 4.90 Å². The Morgan fingerprint density at radius 3 is 0.863 bits per heavy atom. The summed E-state index contributed by atoms with van der Waals surface area (Å²) in [6.07, 6.45) is 0. The van der Waals surface area contributed by atoms with Crippen molar-refractivity contribution < 1.29 is 71.8 Å². The number of carbonyl (C=O) groups excluding carboxylic acids is 1. The molecule has 0 fully saturated rings. The number of aliphatic hydroxyl groups is 2. The van der Waals surface area contributed by atoms with Crippen molar-refractivity contribution in [2.75, 3.05) is 185 Å². The zero-order valence-corrected chi connectivity index (χ0v) is 30.3. The highest BCUT2D eigenvalue weighted by molar-refractivity contribution is 5.94. The number of rotatable bonds is 41. The zero-order valence-electron chi connectivity index (χ0n) is 30.3. The Hall–Kier alpha value is -1.87. The summed E-state index contributed by atoms with van der Waals surface area (Å²) in [5, 5.41) is 17.2. The van der Waals surface area contributed by atoms with E-state index < -0.39 is 0 Å². The molecule has 0 spiro atoms. The van der Waals surface area contributed by atoms with Crippen LogP contribution in [0.3, 0.4) is 0 Å². The molecule has 0 atom stereocenters. The van der Waals surface area contributed by atoms with Gasteiger partial charge in [-0.05, 0) is 12.1 Å². The van der Waals surface area contributed by atoms with Crippen molar-refractivity contribution in [3.05, 3.63) is 35.9 Å². The van der Waals surface area contributed by atoms with Crippen molar-refractivity contribution in [2.45, 2.75) is 0 Å². The molecule has 1 aromatic rings. The highest BCUT2D eigenvalue weighted by Gasteiger charge is 2.15. The largest absolute Gasteiger partial charge is 0.394 e. The molecule has 16 nitrogen and oxygen atoms in total. The van der Waals surface area contributed by atoms with E-state index in [9.17, 15) is 4.79 Å². The van der Waals surface area contributed by atoms with E-state index in [4.69, 9.17) is 67.1 Å². The minimum absolute atomic E-state index is 0.0116. The van der Waals surface area contributed by atoms with Crippen LogP contribution in [-0.4, -0.2) is 206 Å². The number of hydrogen-bond acceptors (Lipinski definition) is 15. The second kappa shape index (κ2) is 39.3. The fraction of sp³-hybridized carbons (Fsp3) is 0.800. The summed E-state index contributed by atoms with van der Waals surface area (Å²) in [4.78, 5) is 14.8. The average molecular weight is 738 g/mol. The van der Waals surface area contributed by atoms with Crippen molar-refractivity contribution in [3.8, 4) is 0 Å². The van der Waals surface area contributed by atoms with E-state index in [0.29, 0.717) is 177 Å². The van der Waals surface area contributed by atoms with E-state index in [0.717, 1.165) is 0 Å². The quantitative estimate of drug-likeness (QED) is 0.0880. The molecule has 0 aliphatic carbocycles. The predicted octanol–water partition coefficient (Wildman–Crippen LogP) is 0.313. The molecule has 2 N–H and O–H groups in total. The Kier molecular flexibility index (Phi) is 36.4. The lowest BCUT2D eigenvalue weighted by atomic mass is 10.2. The summed E-state index contributed by atoms with van der Waals surface area (Å²) in [5.74, 6) is -0.0784. The first kappa shape index (κ1) is 47.2. The van der Waals surface area contributed by atoms with Gasteiger partial charge in [-0.3, -0.25) is 4.79 Å². The second-order valence-electron chi connectivity index (χ2n) is 10.5. The maximum absolute atomic E-state index is 13.1. The Bertz CT molecular complexity index is 801.